The van der Waals surface area contributed by atoms with Crippen molar-refractivity contribution >= 4 is 11.8 Å². The van der Waals surface area contributed by atoms with E-state index in [1.54, 1.807) is 32.9 Å². The van der Waals surface area contributed by atoms with Crippen LogP contribution in [0.2, 0.25) is 0 Å². The molecule has 0 unspecified atom stereocenters. The topological polar surface area (TPSA) is 63.4 Å². The Hall–Kier alpha value is -1.91. The van der Waals surface area contributed by atoms with Crippen molar-refractivity contribution in [3.63, 3.8) is 0 Å². The average Bonchev–Trinajstić information content (AvgIpc) is 2.28. The predicted molar refractivity (Wildman–Crippen MR) is 66.5 cm³/mol. The number of amides is 2. The third-order valence-electron chi connectivity index (χ3n) is 2.63. The molecule has 0 saturated carbocycles. The summed E-state index contributed by atoms with van der Waals surface area (Å²) in [4.78, 5) is 24.4. The van der Waals surface area contributed by atoms with Gasteiger partial charge in [-0.3, -0.25) is 9.59 Å². The normalized spacial score (nSPS) is 10.5. The largest absolute Gasteiger partial charge is 0.368 e. The molecule has 18 heavy (non-hydrogen) atoms. The lowest BCUT2D eigenvalue weighted by Gasteiger charge is -2.25. The van der Waals surface area contributed by atoms with E-state index in [1.165, 1.54) is 11.0 Å². The molecule has 1 aromatic rings. The van der Waals surface area contributed by atoms with E-state index in [-0.39, 0.29) is 18.2 Å². The summed E-state index contributed by atoms with van der Waals surface area (Å²) >= 11 is 0. The molecular formula is C13H17FN2O2. The van der Waals surface area contributed by atoms with Crippen molar-refractivity contribution in [3.8, 4) is 0 Å². The molecule has 4 nitrogen and oxygen atoms in total. The lowest BCUT2D eigenvalue weighted by atomic mass is 10.1. The summed E-state index contributed by atoms with van der Waals surface area (Å²) in [5.74, 6) is -1.70. The number of rotatable bonds is 4. The van der Waals surface area contributed by atoms with Crippen LogP contribution in [0.1, 0.15) is 29.8 Å². The van der Waals surface area contributed by atoms with E-state index in [0.29, 0.717) is 5.56 Å². The molecule has 2 amide bonds. The molecule has 0 aliphatic heterocycles. The minimum atomic E-state index is -0.620. The molecular weight excluding hydrogens is 235 g/mol. The molecule has 0 aliphatic rings. The van der Waals surface area contributed by atoms with Crippen LogP contribution in [-0.2, 0) is 4.79 Å². The first kappa shape index (κ1) is 14.2. The van der Waals surface area contributed by atoms with Crippen molar-refractivity contribution in [2.45, 2.75) is 26.8 Å². The van der Waals surface area contributed by atoms with E-state index in [0.717, 1.165) is 0 Å². The van der Waals surface area contributed by atoms with Crippen molar-refractivity contribution in [1.29, 1.82) is 0 Å². The number of nitrogens with two attached hydrogens (primary N) is 1. The predicted octanol–water partition coefficient (Wildman–Crippen LogP) is 1.47. The zero-order chi connectivity index (χ0) is 13.9. The molecule has 0 aromatic heterocycles. The maximum absolute atomic E-state index is 13.8. The zero-order valence-corrected chi connectivity index (χ0v) is 10.7. The monoisotopic (exact) mass is 252 g/mol. The highest BCUT2D eigenvalue weighted by Crippen LogP contribution is 2.15. The van der Waals surface area contributed by atoms with Crippen LogP contribution in [0.25, 0.3) is 0 Å². The highest BCUT2D eigenvalue weighted by molar-refractivity contribution is 5.96. The van der Waals surface area contributed by atoms with Crippen LogP contribution in [0.15, 0.2) is 18.2 Å². The number of carbonyl (C=O) groups excluding carboxylic acids is 2. The van der Waals surface area contributed by atoms with Crippen molar-refractivity contribution in [1.82, 2.24) is 4.90 Å². The van der Waals surface area contributed by atoms with Crippen LogP contribution in [-0.4, -0.2) is 29.3 Å². The van der Waals surface area contributed by atoms with Crippen molar-refractivity contribution in [3.05, 3.63) is 35.1 Å². The fourth-order valence-corrected chi connectivity index (χ4v) is 1.62. The first-order valence-corrected chi connectivity index (χ1v) is 5.69. The van der Waals surface area contributed by atoms with Crippen molar-refractivity contribution < 1.29 is 14.0 Å². The number of primary amides is 1. The summed E-state index contributed by atoms with van der Waals surface area (Å²) in [6.07, 6.45) is 0. The number of halogens is 1. The summed E-state index contributed by atoms with van der Waals surface area (Å²) in [7, 11) is 0. The van der Waals surface area contributed by atoms with Crippen LogP contribution in [0.5, 0.6) is 0 Å². The number of aryl methyl sites for hydroxylation is 1. The molecule has 0 atom stereocenters. The van der Waals surface area contributed by atoms with Crippen LogP contribution < -0.4 is 5.73 Å². The fraction of sp³-hybridized carbons (Fsp3) is 0.385. The third kappa shape index (κ3) is 3.06. The van der Waals surface area contributed by atoms with E-state index in [1.807, 2.05) is 0 Å². The van der Waals surface area contributed by atoms with Crippen LogP contribution in [0.3, 0.4) is 0 Å². The molecule has 0 saturated heterocycles. The van der Waals surface area contributed by atoms with Crippen LogP contribution in [0.4, 0.5) is 4.39 Å². The van der Waals surface area contributed by atoms with E-state index in [9.17, 15) is 14.0 Å². The van der Waals surface area contributed by atoms with Gasteiger partial charge in [0.1, 0.15) is 5.82 Å². The molecule has 0 spiro atoms. The second kappa shape index (κ2) is 5.62. The minimum Gasteiger partial charge on any atom is -0.368 e. The van der Waals surface area contributed by atoms with Crippen molar-refractivity contribution in [2.75, 3.05) is 6.54 Å². The molecule has 98 valence electrons. The van der Waals surface area contributed by atoms with Gasteiger partial charge in [0, 0.05) is 6.04 Å². The van der Waals surface area contributed by atoms with Gasteiger partial charge >= 0.3 is 0 Å². The lowest BCUT2D eigenvalue weighted by Crippen LogP contribution is -2.43. The number of carbonyl (C=O) groups is 2. The first-order chi connectivity index (χ1) is 8.34. The fourth-order valence-electron chi connectivity index (χ4n) is 1.62. The summed E-state index contributed by atoms with van der Waals surface area (Å²) in [5.41, 5.74) is 5.44. The highest BCUT2D eigenvalue weighted by atomic mass is 19.1. The molecule has 0 fully saturated rings. The Kier molecular flexibility index (Phi) is 4.42. The SMILES string of the molecule is Cc1cccc(C(=O)N(CC(N)=O)C(C)C)c1F. The van der Waals surface area contributed by atoms with E-state index < -0.39 is 17.6 Å². The number of hydrogen-bond donors (Lipinski definition) is 1. The second-order valence-electron chi connectivity index (χ2n) is 4.43. The van der Waals surface area contributed by atoms with Gasteiger partial charge in [-0.2, -0.15) is 0 Å². The minimum absolute atomic E-state index is 0.0371. The number of benzene rings is 1. The smallest absolute Gasteiger partial charge is 0.257 e. The quantitative estimate of drug-likeness (QED) is 0.882. The molecule has 1 aromatic carbocycles. The summed E-state index contributed by atoms with van der Waals surface area (Å²) in [5, 5.41) is 0. The maximum Gasteiger partial charge on any atom is 0.257 e. The molecule has 5 heteroatoms. The molecule has 1 rings (SSSR count). The van der Waals surface area contributed by atoms with E-state index >= 15 is 0 Å². The van der Waals surface area contributed by atoms with E-state index in [2.05, 4.69) is 0 Å². The van der Waals surface area contributed by atoms with Gasteiger partial charge < -0.3 is 10.6 Å². The lowest BCUT2D eigenvalue weighted by molar-refractivity contribution is -0.119. The average molecular weight is 252 g/mol. The maximum atomic E-state index is 13.8. The molecule has 0 radical (unpaired) electrons. The van der Waals surface area contributed by atoms with E-state index in [4.69, 9.17) is 5.73 Å². The Morgan fingerprint density at radius 2 is 2.00 bits per heavy atom. The Labute approximate surface area is 106 Å². The van der Waals surface area contributed by atoms with Gasteiger partial charge in [-0.05, 0) is 32.4 Å². The Balaban J connectivity index is 3.10. The van der Waals surface area contributed by atoms with Crippen LogP contribution >= 0.6 is 0 Å². The van der Waals surface area contributed by atoms with Gasteiger partial charge in [-0.1, -0.05) is 12.1 Å². The highest BCUT2D eigenvalue weighted by Gasteiger charge is 2.23. The van der Waals surface area contributed by atoms with Gasteiger partial charge in [-0.15, -0.1) is 0 Å². The summed E-state index contributed by atoms with van der Waals surface area (Å²) in [6, 6.07) is 4.36. The van der Waals surface area contributed by atoms with Crippen molar-refractivity contribution in [2.24, 2.45) is 5.73 Å². The molecule has 0 bridgehead atoms. The van der Waals surface area contributed by atoms with Gasteiger partial charge in [0.25, 0.3) is 5.91 Å². The third-order valence-corrected chi connectivity index (χ3v) is 2.63. The molecule has 2 N–H and O–H groups in total. The number of hydrogen-bond acceptors (Lipinski definition) is 2. The zero-order valence-electron chi connectivity index (χ0n) is 10.7. The first-order valence-electron chi connectivity index (χ1n) is 5.69. The standard InChI is InChI=1S/C13H17FN2O2/c1-8(2)16(7-11(15)17)13(18)10-6-4-5-9(3)12(10)14/h4-6,8H,7H2,1-3H3,(H2,15,17). The van der Waals surface area contributed by atoms with Gasteiger partial charge in [0.2, 0.25) is 5.91 Å². The van der Waals surface area contributed by atoms with Crippen LogP contribution in [0, 0.1) is 12.7 Å². The molecule has 0 heterocycles. The van der Waals surface area contributed by atoms with Gasteiger partial charge in [-0.25, -0.2) is 4.39 Å². The second-order valence-corrected chi connectivity index (χ2v) is 4.43. The Bertz CT molecular complexity index is 472. The number of nitrogens with zero attached hydrogens (tertiary/aromatic N) is 1. The molecule has 0 aliphatic carbocycles. The Morgan fingerprint density at radius 1 is 1.39 bits per heavy atom. The van der Waals surface area contributed by atoms with Gasteiger partial charge in [0.15, 0.2) is 0 Å². The summed E-state index contributed by atoms with van der Waals surface area (Å²) in [6.45, 7) is 4.85. The van der Waals surface area contributed by atoms with Gasteiger partial charge in [0.05, 0.1) is 12.1 Å². The Morgan fingerprint density at radius 3 is 2.50 bits per heavy atom. The summed E-state index contributed by atoms with van der Waals surface area (Å²) < 4.78 is 13.8.